The molecule has 2 N–H and O–H groups in total. The molecule has 0 bridgehead atoms. The van der Waals surface area contributed by atoms with Crippen molar-refractivity contribution < 1.29 is 9.90 Å². The number of hydrogen-bond donors (Lipinski definition) is 2. The average Bonchev–Trinajstić information content (AvgIpc) is 2.06. The molecule has 0 aliphatic rings. The fraction of sp³-hybridized carbons (Fsp3) is 0.500. The molecule has 0 aromatic carbocycles. The lowest BCUT2D eigenvalue weighted by Gasteiger charge is -2.20. The van der Waals surface area contributed by atoms with Crippen LogP contribution in [-0.4, -0.2) is 21.0 Å². The number of hydrogen-bond acceptors (Lipinski definition) is 3. The Morgan fingerprint density at radius 2 is 2.06 bits per heavy atom. The van der Waals surface area contributed by atoms with E-state index in [0.717, 1.165) is 0 Å². The van der Waals surface area contributed by atoms with Gasteiger partial charge in [0.1, 0.15) is 0 Å². The molecule has 1 rings (SSSR count). The van der Waals surface area contributed by atoms with Crippen molar-refractivity contribution in [3.05, 3.63) is 26.9 Å². The van der Waals surface area contributed by atoms with Crippen LogP contribution in [0.5, 0.6) is 0 Å². The summed E-state index contributed by atoms with van der Waals surface area (Å²) < 4.78 is 0. The van der Waals surface area contributed by atoms with Crippen LogP contribution in [0.25, 0.3) is 0 Å². The van der Waals surface area contributed by atoms with E-state index in [1.165, 1.54) is 0 Å². The summed E-state index contributed by atoms with van der Waals surface area (Å²) in [7, 11) is 0. The molecule has 6 heteroatoms. The van der Waals surface area contributed by atoms with Crippen molar-refractivity contribution >= 4 is 17.6 Å². The fourth-order valence-corrected chi connectivity index (χ4v) is 1.58. The Bertz CT molecular complexity index is 474. The van der Waals surface area contributed by atoms with Crippen molar-refractivity contribution in [2.45, 2.75) is 32.6 Å². The zero-order chi connectivity index (χ0) is 12.5. The fourth-order valence-electron chi connectivity index (χ4n) is 1.41. The maximum absolute atomic E-state index is 11.6. The van der Waals surface area contributed by atoms with Crippen LogP contribution in [0.3, 0.4) is 0 Å². The molecular formula is C10H13ClN2O3. The van der Waals surface area contributed by atoms with E-state index in [-0.39, 0.29) is 17.3 Å². The molecule has 88 valence electrons. The van der Waals surface area contributed by atoms with Gasteiger partial charge in [-0.1, -0.05) is 20.8 Å². The first-order valence-electron chi connectivity index (χ1n) is 4.73. The summed E-state index contributed by atoms with van der Waals surface area (Å²) in [5.41, 5.74) is -0.344. The normalized spacial score (nSPS) is 11.5. The molecule has 0 saturated heterocycles. The summed E-state index contributed by atoms with van der Waals surface area (Å²) >= 11 is 5.65. The van der Waals surface area contributed by atoms with Crippen molar-refractivity contribution in [1.82, 2.24) is 9.97 Å². The smallest absolute Gasteiger partial charge is 0.308 e. The Morgan fingerprint density at radius 3 is 2.50 bits per heavy atom. The van der Waals surface area contributed by atoms with Crippen LogP contribution >= 0.6 is 11.6 Å². The average molecular weight is 245 g/mol. The maximum atomic E-state index is 11.6. The minimum atomic E-state index is -1.07. The minimum absolute atomic E-state index is 0.0240. The van der Waals surface area contributed by atoms with Gasteiger partial charge in [0.05, 0.1) is 17.7 Å². The van der Waals surface area contributed by atoms with Gasteiger partial charge in [0.25, 0.3) is 5.56 Å². The van der Waals surface area contributed by atoms with Gasteiger partial charge >= 0.3 is 5.97 Å². The zero-order valence-electron chi connectivity index (χ0n) is 9.30. The largest absolute Gasteiger partial charge is 0.481 e. The molecular weight excluding hydrogens is 232 g/mol. The quantitative estimate of drug-likeness (QED) is 0.770. The van der Waals surface area contributed by atoms with E-state index >= 15 is 0 Å². The highest BCUT2D eigenvalue weighted by Crippen LogP contribution is 2.23. The molecule has 0 unspecified atom stereocenters. The first kappa shape index (κ1) is 12.7. The third-order valence-electron chi connectivity index (χ3n) is 2.02. The van der Waals surface area contributed by atoms with E-state index < -0.39 is 16.9 Å². The van der Waals surface area contributed by atoms with Gasteiger partial charge in [0, 0.05) is 5.41 Å². The molecule has 0 radical (unpaired) electrons. The van der Waals surface area contributed by atoms with Gasteiger partial charge in [-0.25, -0.2) is 4.98 Å². The van der Waals surface area contributed by atoms with Crippen LogP contribution in [0, 0.1) is 0 Å². The highest BCUT2D eigenvalue weighted by Gasteiger charge is 2.24. The zero-order valence-corrected chi connectivity index (χ0v) is 10.1. The van der Waals surface area contributed by atoms with E-state index in [0.29, 0.717) is 5.69 Å². The highest BCUT2D eigenvalue weighted by molar-refractivity contribution is 6.28. The van der Waals surface area contributed by atoms with Gasteiger partial charge in [0.2, 0.25) is 5.28 Å². The van der Waals surface area contributed by atoms with Crippen molar-refractivity contribution in [3.63, 3.8) is 0 Å². The molecule has 0 fully saturated rings. The number of nitrogens with one attached hydrogen (secondary N) is 1. The van der Waals surface area contributed by atoms with E-state index in [1.54, 1.807) is 0 Å². The second-order valence-corrected chi connectivity index (χ2v) is 4.86. The Hall–Kier alpha value is -1.36. The number of aromatic amines is 1. The van der Waals surface area contributed by atoms with Crippen molar-refractivity contribution in [1.29, 1.82) is 0 Å². The molecule has 16 heavy (non-hydrogen) atoms. The summed E-state index contributed by atoms with van der Waals surface area (Å²) in [4.78, 5) is 28.6. The third-order valence-corrected chi connectivity index (χ3v) is 2.20. The maximum Gasteiger partial charge on any atom is 0.308 e. The van der Waals surface area contributed by atoms with Crippen molar-refractivity contribution in [3.8, 4) is 0 Å². The van der Waals surface area contributed by atoms with E-state index in [4.69, 9.17) is 16.7 Å². The van der Waals surface area contributed by atoms with Gasteiger partial charge in [-0.2, -0.15) is 0 Å². The van der Waals surface area contributed by atoms with Gasteiger partial charge in [-0.3, -0.25) is 14.6 Å². The van der Waals surface area contributed by atoms with Crippen molar-refractivity contribution in [2.24, 2.45) is 0 Å². The van der Waals surface area contributed by atoms with E-state index in [9.17, 15) is 9.59 Å². The number of carbonyl (C=O) groups is 1. The number of carboxylic acid groups (broad SMARTS) is 1. The molecule has 0 spiro atoms. The molecule has 1 aromatic heterocycles. The van der Waals surface area contributed by atoms with Crippen LogP contribution in [0.4, 0.5) is 0 Å². The minimum Gasteiger partial charge on any atom is -0.481 e. The predicted molar refractivity (Wildman–Crippen MR) is 59.9 cm³/mol. The number of carboxylic acids is 1. The number of aromatic nitrogens is 2. The molecule has 0 saturated carbocycles. The topological polar surface area (TPSA) is 83.0 Å². The molecule has 1 aromatic rings. The number of rotatable bonds is 2. The second kappa shape index (κ2) is 4.25. The number of nitrogens with zero attached hydrogens (tertiary/aromatic N) is 1. The lowest BCUT2D eigenvalue weighted by molar-refractivity contribution is -0.136. The number of halogens is 1. The standard InChI is InChI=1S/C10H13ClN2O3/c1-10(2,3)7-5(4-6(14)15)8(16)13-9(11)12-7/h4H2,1-3H3,(H,14,15)(H,12,13,16). The van der Waals surface area contributed by atoms with Gasteiger partial charge in [-0.05, 0) is 11.6 Å². The Kier molecular flexibility index (Phi) is 3.38. The summed E-state index contributed by atoms with van der Waals surface area (Å²) in [6.45, 7) is 5.53. The molecule has 1 heterocycles. The molecule has 0 amide bonds. The van der Waals surface area contributed by atoms with Crippen LogP contribution in [-0.2, 0) is 16.6 Å². The second-order valence-electron chi connectivity index (χ2n) is 4.50. The highest BCUT2D eigenvalue weighted by atomic mass is 35.5. The summed E-state index contributed by atoms with van der Waals surface area (Å²) in [5, 5.41) is 8.71. The molecule has 0 aliphatic carbocycles. The lowest BCUT2D eigenvalue weighted by atomic mass is 9.88. The van der Waals surface area contributed by atoms with Crippen molar-refractivity contribution in [2.75, 3.05) is 0 Å². The molecule has 0 atom stereocenters. The van der Waals surface area contributed by atoms with Crippen LogP contribution < -0.4 is 5.56 Å². The van der Waals surface area contributed by atoms with Gasteiger partial charge in [0.15, 0.2) is 0 Å². The first-order valence-corrected chi connectivity index (χ1v) is 5.10. The summed E-state index contributed by atoms with van der Waals surface area (Å²) in [5.74, 6) is -1.07. The van der Waals surface area contributed by atoms with Gasteiger partial charge < -0.3 is 5.11 Å². The first-order chi connectivity index (χ1) is 7.21. The monoisotopic (exact) mass is 244 g/mol. The number of aliphatic carboxylic acids is 1. The molecule has 5 nitrogen and oxygen atoms in total. The summed E-state index contributed by atoms with van der Waals surface area (Å²) in [6.07, 6.45) is -0.355. The Labute approximate surface area is 97.5 Å². The molecule has 0 aliphatic heterocycles. The SMILES string of the molecule is CC(C)(C)c1nc(Cl)[nH]c(=O)c1CC(=O)O. The van der Waals surface area contributed by atoms with Crippen LogP contribution in [0.2, 0.25) is 5.28 Å². The van der Waals surface area contributed by atoms with Crippen LogP contribution in [0.15, 0.2) is 4.79 Å². The van der Waals surface area contributed by atoms with E-state index in [2.05, 4.69) is 9.97 Å². The van der Waals surface area contributed by atoms with Gasteiger partial charge in [-0.15, -0.1) is 0 Å². The predicted octanol–water partition coefficient (Wildman–Crippen LogP) is 1.35. The lowest BCUT2D eigenvalue weighted by Crippen LogP contribution is -2.27. The van der Waals surface area contributed by atoms with E-state index in [1.807, 2.05) is 20.8 Å². The third kappa shape index (κ3) is 2.82. The number of H-pyrrole nitrogens is 1. The van der Waals surface area contributed by atoms with Crippen LogP contribution in [0.1, 0.15) is 32.0 Å². The summed E-state index contributed by atoms with van der Waals surface area (Å²) in [6, 6.07) is 0. The Balaban J connectivity index is 3.44. The Morgan fingerprint density at radius 1 is 1.50 bits per heavy atom.